The van der Waals surface area contributed by atoms with E-state index in [1.54, 1.807) is 19.1 Å². The first-order valence-electron chi connectivity index (χ1n) is 10.9. The Kier molecular flexibility index (Phi) is 8.16. The van der Waals surface area contributed by atoms with E-state index in [1.807, 2.05) is 0 Å². The molecule has 1 fully saturated rings. The quantitative estimate of drug-likeness (QED) is 0.479. The zero-order valence-electron chi connectivity index (χ0n) is 18.8. The monoisotopic (exact) mass is 421 g/mol. The fourth-order valence-electron chi connectivity index (χ4n) is 4.14. The smallest absolute Gasteiger partial charge is 0.300 e. The molecule has 2 rings (SSSR count). The fourth-order valence-corrected chi connectivity index (χ4v) is 4.14. The summed E-state index contributed by atoms with van der Waals surface area (Å²) in [5.74, 6) is 7.22. The minimum atomic E-state index is -4.34. The van der Waals surface area contributed by atoms with Crippen molar-refractivity contribution in [3.8, 4) is 11.8 Å². The molecule has 1 aliphatic heterocycles. The third-order valence-corrected chi connectivity index (χ3v) is 5.53. The van der Waals surface area contributed by atoms with Crippen LogP contribution in [0.3, 0.4) is 0 Å². The highest BCUT2D eigenvalue weighted by molar-refractivity contribution is 5.75. The van der Waals surface area contributed by atoms with Crippen LogP contribution in [0.25, 0.3) is 0 Å². The van der Waals surface area contributed by atoms with Gasteiger partial charge in [0.25, 0.3) is 0 Å². The summed E-state index contributed by atoms with van der Waals surface area (Å²) in [6, 6.07) is 5.54. The van der Waals surface area contributed by atoms with Gasteiger partial charge in [0, 0.05) is 24.4 Å². The lowest BCUT2D eigenvalue weighted by atomic mass is 9.83. The Morgan fingerprint density at radius 3 is 2.33 bits per heavy atom. The molecule has 1 heterocycles. The third-order valence-electron chi connectivity index (χ3n) is 5.53. The van der Waals surface area contributed by atoms with Crippen LogP contribution in [0.1, 0.15) is 83.9 Å². The van der Waals surface area contributed by atoms with Gasteiger partial charge in [0.1, 0.15) is 5.78 Å². The number of likely N-dealkylation sites (tertiary alicyclic amines) is 1. The highest BCUT2D eigenvalue weighted by Gasteiger charge is 2.35. The molecule has 1 aliphatic rings. The van der Waals surface area contributed by atoms with Crippen molar-refractivity contribution in [1.82, 2.24) is 4.90 Å². The van der Waals surface area contributed by atoms with Gasteiger partial charge in [0.2, 0.25) is 0 Å². The number of nitrogens with zero attached hydrogens (tertiary/aromatic N) is 1. The van der Waals surface area contributed by atoms with Gasteiger partial charge in [-0.2, -0.15) is 13.2 Å². The number of carbonyl (C=O) groups is 1. The lowest BCUT2D eigenvalue weighted by molar-refractivity contribution is -0.137. The first kappa shape index (κ1) is 24.5. The zero-order chi connectivity index (χ0) is 22.5. The second-order valence-electron chi connectivity index (χ2n) is 9.49. The number of Topliss-reactive ketones (excluding diaryl/α,β-unsaturated/α-hetero) is 1. The number of hydrogen-bond donors (Lipinski definition) is 0. The molecular formula is C25H34F3NO. The molecule has 0 aromatic heterocycles. The number of ketones is 1. The molecular weight excluding hydrogens is 387 g/mol. The number of rotatable bonds is 6. The molecule has 0 amide bonds. The van der Waals surface area contributed by atoms with E-state index in [0.29, 0.717) is 6.42 Å². The summed E-state index contributed by atoms with van der Waals surface area (Å²) in [4.78, 5) is 14.0. The molecule has 0 bridgehead atoms. The molecule has 5 heteroatoms. The lowest BCUT2D eigenvalue weighted by Crippen LogP contribution is -2.43. The summed E-state index contributed by atoms with van der Waals surface area (Å²) in [6.45, 7) is 10.8. The normalized spacial score (nSPS) is 21.6. The fraction of sp³-hybridized carbons (Fsp3) is 0.640. The Bertz CT molecular complexity index is 765. The van der Waals surface area contributed by atoms with Crippen LogP contribution in [0.15, 0.2) is 24.3 Å². The third kappa shape index (κ3) is 7.16. The summed E-state index contributed by atoms with van der Waals surface area (Å²) in [6.07, 6.45) is -0.243. The summed E-state index contributed by atoms with van der Waals surface area (Å²) < 4.78 is 39.1. The Hall–Kier alpha value is -1.80. The maximum atomic E-state index is 13.0. The molecule has 166 valence electrons. The Morgan fingerprint density at radius 2 is 1.83 bits per heavy atom. The molecule has 1 saturated heterocycles. The van der Waals surface area contributed by atoms with E-state index < -0.39 is 11.7 Å². The number of halogens is 3. The lowest BCUT2D eigenvalue weighted by Gasteiger charge is -2.42. The van der Waals surface area contributed by atoms with Gasteiger partial charge in [-0.1, -0.05) is 37.3 Å². The molecule has 0 spiro atoms. The van der Waals surface area contributed by atoms with Gasteiger partial charge in [-0.3, -0.25) is 4.90 Å². The first-order chi connectivity index (χ1) is 13.9. The second kappa shape index (κ2) is 10.0. The van der Waals surface area contributed by atoms with Gasteiger partial charge < -0.3 is 4.79 Å². The van der Waals surface area contributed by atoms with Crippen LogP contribution < -0.4 is 0 Å². The molecule has 0 N–H and O–H groups in total. The van der Waals surface area contributed by atoms with Crippen LogP contribution >= 0.6 is 0 Å². The van der Waals surface area contributed by atoms with Crippen molar-refractivity contribution < 1.29 is 18.0 Å². The van der Waals surface area contributed by atoms with Crippen LogP contribution in [-0.2, 0) is 11.0 Å². The van der Waals surface area contributed by atoms with Crippen LogP contribution in [-0.4, -0.2) is 23.3 Å². The number of benzene rings is 1. The van der Waals surface area contributed by atoms with Crippen molar-refractivity contribution in [2.75, 3.05) is 6.54 Å². The van der Waals surface area contributed by atoms with E-state index >= 15 is 0 Å². The average Bonchev–Trinajstić information content (AvgIpc) is 2.63. The molecule has 0 saturated carbocycles. The number of alkyl halides is 3. The zero-order valence-corrected chi connectivity index (χ0v) is 18.8. The minimum Gasteiger partial charge on any atom is -0.300 e. The first-order valence-corrected chi connectivity index (χ1v) is 10.9. The Morgan fingerprint density at radius 1 is 1.20 bits per heavy atom. The standard InChI is InChI=1S/C25H34F3NO/c1-6-7-22(12-14-24(3,4)5)29-15-13-19(16-18(2)30)17-23(29)20-8-10-21(11-9-20)25(26,27)28/h8-11,19,22-23H,6-7,13,15-17H2,1-5H3/t19-,22-,23-/m0/s1. The average molecular weight is 422 g/mol. The topological polar surface area (TPSA) is 20.3 Å². The SMILES string of the molecule is CCC[C@@H](C#CC(C)(C)C)N1CC[C@@H](CC(C)=O)C[C@H]1c1ccc(C(F)(F)F)cc1. The van der Waals surface area contributed by atoms with Gasteiger partial charge >= 0.3 is 6.18 Å². The predicted molar refractivity (Wildman–Crippen MR) is 115 cm³/mol. The van der Waals surface area contributed by atoms with Crippen molar-refractivity contribution in [1.29, 1.82) is 0 Å². The summed E-state index contributed by atoms with van der Waals surface area (Å²) in [5, 5.41) is 0. The molecule has 1 aromatic carbocycles. The minimum absolute atomic E-state index is 0.0313. The van der Waals surface area contributed by atoms with Crippen LogP contribution in [0.5, 0.6) is 0 Å². The van der Waals surface area contributed by atoms with E-state index in [4.69, 9.17) is 0 Å². The van der Waals surface area contributed by atoms with Gasteiger partial charge in [-0.25, -0.2) is 0 Å². The Labute approximate surface area is 179 Å². The second-order valence-corrected chi connectivity index (χ2v) is 9.49. The summed E-state index contributed by atoms with van der Waals surface area (Å²) in [5.41, 5.74) is 0.129. The molecule has 0 unspecified atom stereocenters. The van der Waals surface area contributed by atoms with Gasteiger partial charge in [-0.05, 0) is 70.6 Å². The highest BCUT2D eigenvalue weighted by Crippen LogP contribution is 2.39. The summed E-state index contributed by atoms with van der Waals surface area (Å²) in [7, 11) is 0. The molecule has 3 atom stereocenters. The molecule has 0 aliphatic carbocycles. The van der Waals surface area contributed by atoms with Crippen molar-refractivity contribution in [3.63, 3.8) is 0 Å². The molecule has 2 nitrogen and oxygen atoms in total. The molecule has 1 aromatic rings. The van der Waals surface area contributed by atoms with Gasteiger partial charge in [-0.15, -0.1) is 0 Å². The van der Waals surface area contributed by atoms with Crippen molar-refractivity contribution in [2.24, 2.45) is 11.3 Å². The highest BCUT2D eigenvalue weighted by atomic mass is 19.4. The van der Waals surface area contributed by atoms with Crippen LogP contribution in [0.4, 0.5) is 13.2 Å². The number of piperidine rings is 1. The van der Waals surface area contributed by atoms with E-state index in [9.17, 15) is 18.0 Å². The Balaban J connectivity index is 2.37. The van der Waals surface area contributed by atoms with E-state index in [0.717, 1.165) is 49.9 Å². The predicted octanol–water partition coefficient (Wildman–Crippen LogP) is 6.66. The van der Waals surface area contributed by atoms with E-state index in [-0.39, 0.29) is 29.2 Å². The maximum Gasteiger partial charge on any atom is 0.416 e. The van der Waals surface area contributed by atoms with Crippen molar-refractivity contribution in [3.05, 3.63) is 35.4 Å². The van der Waals surface area contributed by atoms with Crippen molar-refractivity contribution >= 4 is 5.78 Å². The number of carbonyl (C=O) groups excluding carboxylic acids is 1. The summed E-state index contributed by atoms with van der Waals surface area (Å²) >= 11 is 0. The maximum absolute atomic E-state index is 13.0. The van der Waals surface area contributed by atoms with Crippen LogP contribution in [0.2, 0.25) is 0 Å². The van der Waals surface area contributed by atoms with Gasteiger partial charge in [0.05, 0.1) is 11.6 Å². The number of hydrogen-bond acceptors (Lipinski definition) is 2. The van der Waals surface area contributed by atoms with Crippen molar-refractivity contribution in [2.45, 2.75) is 85.0 Å². The van der Waals surface area contributed by atoms with Crippen LogP contribution in [0, 0.1) is 23.2 Å². The largest absolute Gasteiger partial charge is 0.416 e. The van der Waals surface area contributed by atoms with E-state index in [1.165, 1.54) is 0 Å². The molecule has 0 radical (unpaired) electrons. The molecule has 30 heavy (non-hydrogen) atoms. The van der Waals surface area contributed by atoms with E-state index in [2.05, 4.69) is 44.4 Å². The van der Waals surface area contributed by atoms with Gasteiger partial charge in [0.15, 0.2) is 0 Å².